The summed E-state index contributed by atoms with van der Waals surface area (Å²) in [7, 11) is -2.19. The highest BCUT2D eigenvalue weighted by Crippen LogP contribution is 2.29. The molecule has 10 nitrogen and oxygen atoms in total. The lowest BCUT2D eigenvalue weighted by molar-refractivity contribution is -0.0149. The number of hydrogen-bond donors (Lipinski definition) is 2. The molecule has 0 aliphatic carbocycles. The number of anilines is 1. The van der Waals surface area contributed by atoms with Gasteiger partial charge >= 0.3 is 0 Å². The molecule has 254 valence electrons. The van der Waals surface area contributed by atoms with Crippen molar-refractivity contribution in [3.05, 3.63) is 89.5 Å². The average Bonchev–Trinajstić information content (AvgIpc) is 3.06. The number of likely N-dealkylation sites (N-methyl/N-ethyl adjacent to an activating group) is 1. The highest BCUT2D eigenvalue weighted by atomic mass is 32.2. The van der Waals surface area contributed by atoms with Gasteiger partial charge in [-0.2, -0.15) is 0 Å². The number of sulfonamides is 1. The number of rotatable bonds is 8. The van der Waals surface area contributed by atoms with Crippen molar-refractivity contribution >= 4 is 27.5 Å². The van der Waals surface area contributed by atoms with Gasteiger partial charge in [-0.3, -0.25) is 14.3 Å². The number of aliphatic hydroxyl groups excluding tert-OH is 1. The first-order chi connectivity index (χ1) is 22.4. The van der Waals surface area contributed by atoms with Gasteiger partial charge in [0.05, 0.1) is 35.3 Å². The van der Waals surface area contributed by atoms with Gasteiger partial charge in [0.15, 0.2) is 0 Å². The van der Waals surface area contributed by atoms with Crippen LogP contribution in [0.1, 0.15) is 66.3 Å². The molecule has 0 saturated carbocycles. The Balaban J connectivity index is 1.66. The maximum atomic E-state index is 14.4. The number of nitrogens with one attached hydrogen (secondary N) is 1. The first kappa shape index (κ1) is 35.9. The standard InChI is InChI=1S/C36H47N3O7S/c1-25-14-17-31(18-15-25)47(43,44)37-30-16-19-33-32(21-30)36(42)39(27(3)24-40)22-26(2)34(45-20-10-9-11-28(4)46-33)23-38(5)35(41)29-12-7-6-8-13-29/h6-8,12-19,21,26-28,34,37,40H,9-11,20,22-24H2,1-5H3/t26-,27+,28+,34-/m0/s1. The lowest BCUT2D eigenvalue weighted by Crippen LogP contribution is -2.48. The first-order valence-corrected chi connectivity index (χ1v) is 17.6. The highest BCUT2D eigenvalue weighted by Gasteiger charge is 2.31. The number of benzene rings is 3. The number of hydrogen-bond acceptors (Lipinski definition) is 7. The molecule has 1 aliphatic rings. The maximum absolute atomic E-state index is 14.4. The van der Waals surface area contributed by atoms with Crippen LogP contribution in [0.3, 0.4) is 0 Å². The fourth-order valence-corrected chi connectivity index (χ4v) is 6.58. The van der Waals surface area contributed by atoms with Crippen molar-refractivity contribution in [2.24, 2.45) is 5.92 Å². The molecule has 47 heavy (non-hydrogen) atoms. The molecule has 0 aromatic heterocycles. The van der Waals surface area contributed by atoms with Crippen LogP contribution in [0.15, 0.2) is 77.7 Å². The quantitative estimate of drug-likeness (QED) is 0.332. The zero-order valence-electron chi connectivity index (χ0n) is 27.9. The molecular weight excluding hydrogens is 618 g/mol. The normalized spacial score (nSPS) is 20.3. The van der Waals surface area contributed by atoms with E-state index in [1.165, 1.54) is 18.2 Å². The number of amides is 2. The van der Waals surface area contributed by atoms with E-state index >= 15 is 0 Å². The van der Waals surface area contributed by atoms with E-state index < -0.39 is 28.1 Å². The molecule has 1 aliphatic heterocycles. The summed E-state index contributed by atoms with van der Waals surface area (Å²) in [5.74, 6) is -0.436. The zero-order valence-corrected chi connectivity index (χ0v) is 28.7. The molecule has 4 atom stereocenters. The molecule has 0 radical (unpaired) electrons. The predicted octanol–water partition coefficient (Wildman–Crippen LogP) is 5.36. The number of ether oxygens (including phenoxy) is 2. The van der Waals surface area contributed by atoms with Crippen molar-refractivity contribution in [2.45, 2.75) is 70.1 Å². The number of carbonyl (C=O) groups excluding carboxylic acids is 2. The Morgan fingerprint density at radius 2 is 1.77 bits per heavy atom. The topological polar surface area (TPSA) is 125 Å². The molecule has 1 heterocycles. The molecule has 11 heteroatoms. The van der Waals surface area contributed by atoms with Crippen LogP contribution in [0.2, 0.25) is 0 Å². The summed E-state index contributed by atoms with van der Waals surface area (Å²) in [6, 6.07) is 19.7. The Kier molecular flexibility index (Phi) is 12.4. The molecule has 0 fully saturated rings. The van der Waals surface area contributed by atoms with Crippen LogP contribution < -0.4 is 9.46 Å². The van der Waals surface area contributed by atoms with Gasteiger partial charge in [-0.15, -0.1) is 0 Å². The summed E-state index contributed by atoms with van der Waals surface area (Å²) >= 11 is 0. The second-order valence-corrected chi connectivity index (χ2v) is 14.2. The summed E-state index contributed by atoms with van der Waals surface area (Å²) in [4.78, 5) is 30.8. The predicted molar refractivity (Wildman–Crippen MR) is 182 cm³/mol. The minimum absolute atomic E-state index is 0.102. The third kappa shape index (κ3) is 9.56. The molecular formula is C36H47N3O7S. The van der Waals surface area contributed by atoms with Crippen molar-refractivity contribution in [3.63, 3.8) is 0 Å². The van der Waals surface area contributed by atoms with Crippen LogP contribution in [-0.4, -0.2) is 86.7 Å². The average molecular weight is 666 g/mol. The summed E-state index contributed by atoms with van der Waals surface area (Å²) in [6.07, 6.45) is 1.70. The number of aliphatic hydroxyl groups is 1. The van der Waals surface area contributed by atoms with E-state index in [0.717, 1.165) is 18.4 Å². The Hall–Kier alpha value is -3.93. The Morgan fingerprint density at radius 3 is 2.45 bits per heavy atom. The second-order valence-electron chi connectivity index (χ2n) is 12.5. The summed E-state index contributed by atoms with van der Waals surface area (Å²) in [5, 5.41) is 10.2. The lowest BCUT2D eigenvalue weighted by Gasteiger charge is -2.36. The second kappa shape index (κ2) is 16.3. The molecule has 0 unspecified atom stereocenters. The molecule has 0 bridgehead atoms. The van der Waals surface area contributed by atoms with Crippen LogP contribution in [-0.2, 0) is 14.8 Å². The Labute approximate surface area is 278 Å². The van der Waals surface area contributed by atoms with Crippen molar-refractivity contribution in [2.75, 3.05) is 38.1 Å². The first-order valence-electron chi connectivity index (χ1n) is 16.1. The molecule has 3 aromatic carbocycles. The number of carbonyl (C=O) groups is 2. The summed E-state index contributed by atoms with van der Waals surface area (Å²) in [5.41, 5.74) is 1.90. The third-order valence-electron chi connectivity index (χ3n) is 8.46. The van der Waals surface area contributed by atoms with Gasteiger partial charge in [-0.1, -0.05) is 42.8 Å². The van der Waals surface area contributed by atoms with Crippen LogP contribution in [0.4, 0.5) is 5.69 Å². The SMILES string of the molecule is Cc1ccc(S(=O)(=O)Nc2ccc3c(c2)C(=O)N([C@H](C)CO)C[C@H](C)[C@H](CN(C)C(=O)c2ccccc2)OCCCC[C@@H](C)O3)cc1. The van der Waals surface area contributed by atoms with E-state index in [0.29, 0.717) is 30.9 Å². The fourth-order valence-electron chi connectivity index (χ4n) is 5.53. The van der Waals surface area contributed by atoms with E-state index in [4.69, 9.17) is 9.47 Å². The zero-order chi connectivity index (χ0) is 34.1. The van der Waals surface area contributed by atoms with Gasteiger partial charge in [-0.05, 0) is 82.5 Å². The van der Waals surface area contributed by atoms with Crippen LogP contribution >= 0.6 is 0 Å². The van der Waals surface area contributed by atoms with Gasteiger partial charge in [0.1, 0.15) is 5.75 Å². The van der Waals surface area contributed by atoms with E-state index in [1.54, 1.807) is 60.2 Å². The number of nitrogens with zero attached hydrogens (tertiary/aromatic N) is 2. The van der Waals surface area contributed by atoms with Crippen LogP contribution in [0.25, 0.3) is 0 Å². The molecule has 0 spiro atoms. The third-order valence-corrected chi connectivity index (χ3v) is 9.85. The van der Waals surface area contributed by atoms with Gasteiger partial charge in [0, 0.05) is 43.9 Å². The maximum Gasteiger partial charge on any atom is 0.261 e. The lowest BCUT2D eigenvalue weighted by atomic mass is 10.0. The molecule has 2 amide bonds. The van der Waals surface area contributed by atoms with Crippen LogP contribution in [0.5, 0.6) is 5.75 Å². The fraction of sp³-hybridized carbons (Fsp3) is 0.444. The van der Waals surface area contributed by atoms with Crippen molar-refractivity contribution in [3.8, 4) is 5.75 Å². The van der Waals surface area contributed by atoms with Gasteiger partial charge in [-0.25, -0.2) is 8.42 Å². The Morgan fingerprint density at radius 1 is 1.06 bits per heavy atom. The van der Waals surface area contributed by atoms with Crippen molar-refractivity contribution in [1.82, 2.24) is 9.80 Å². The van der Waals surface area contributed by atoms with E-state index in [2.05, 4.69) is 4.72 Å². The number of fused-ring (bicyclic) bond motifs is 1. The van der Waals surface area contributed by atoms with E-state index in [-0.39, 0.29) is 47.2 Å². The van der Waals surface area contributed by atoms with E-state index in [1.807, 2.05) is 39.0 Å². The van der Waals surface area contributed by atoms with E-state index in [9.17, 15) is 23.1 Å². The largest absolute Gasteiger partial charge is 0.490 e. The minimum Gasteiger partial charge on any atom is -0.490 e. The van der Waals surface area contributed by atoms with Crippen LogP contribution in [0, 0.1) is 12.8 Å². The summed E-state index contributed by atoms with van der Waals surface area (Å²) in [6.45, 7) is 8.25. The van der Waals surface area contributed by atoms with Crippen molar-refractivity contribution in [1.29, 1.82) is 0 Å². The van der Waals surface area contributed by atoms with Gasteiger partial charge in [0.2, 0.25) is 0 Å². The highest BCUT2D eigenvalue weighted by molar-refractivity contribution is 7.92. The smallest absolute Gasteiger partial charge is 0.261 e. The molecule has 0 saturated heterocycles. The molecule has 3 aromatic rings. The number of aryl methyl sites for hydroxylation is 1. The summed E-state index contributed by atoms with van der Waals surface area (Å²) < 4.78 is 41.6. The minimum atomic E-state index is -3.93. The van der Waals surface area contributed by atoms with Crippen molar-refractivity contribution < 1.29 is 32.6 Å². The van der Waals surface area contributed by atoms with Gasteiger partial charge < -0.3 is 24.4 Å². The van der Waals surface area contributed by atoms with Gasteiger partial charge in [0.25, 0.3) is 21.8 Å². The Bertz CT molecular complexity index is 1600. The molecule has 2 N–H and O–H groups in total. The molecule has 4 rings (SSSR count). The monoisotopic (exact) mass is 665 g/mol.